The van der Waals surface area contributed by atoms with E-state index in [2.05, 4.69) is 0 Å². The lowest BCUT2D eigenvalue weighted by Crippen LogP contribution is -1.94. The van der Waals surface area contributed by atoms with Crippen molar-refractivity contribution < 1.29 is 18.7 Å². The van der Waals surface area contributed by atoms with Crippen LogP contribution in [0, 0.1) is 13.8 Å². The number of rotatable bonds is 2. The smallest absolute Gasteiger partial charge is 0.177 e. The molecule has 3 rings (SSSR count). The average Bonchev–Trinajstić information content (AvgIpc) is 2.86. The molecular weight excluding hydrogens is 244 g/mol. The van der Waals surface area contributed by atoms with Gasteiger partial charge >= 0.3 is 0 Å². The summed E-state index contributed by atoms with van der Waals surface area (Å²) in [5.41, 5.74) is 2.07. The third kappa shape index (κ3) is 1.64. The highest BCUT2D eigenvalue weighted by Crippen LogP contribution is 2.43. The summed E-state index contributed by atoms with van der Waals surface area (Å²) in [5, 5.41) is 11.7. The molecule has 19 heavy (non-hydrogen) atoms. The van der Waals surface area contributed by atoms with Gasteiger partial charge in [0.2, 0.25) is 0 Å². The van der Waals surface area contributed by atoms with Crippen molar-refractivity contribution in [2.24, 2.45) is 0 Å². The van der Waals surface area contributed by atoms with Gasteiger partial charge in [0, 0.05) is 10.9 Å². The molecular formula is C15H16O4. The summed E-state index contributed by atoms with van der Waals surface area (Å²) < 4.78 is 16.9. The number of hydrogen-bond donors (Lipinski definition) is 1. The first-order valence-electron chi connectivity index (χ1n) is 6.21. The highest BCUT2D eigenvalue weighted by molar-refractivity contribution is 6.05. The van der Waals surface area contributed by atoms with Gasteiger partial charge in [-0.3, -0.25) is 0 Å². The van der Waals surface area contributed by atoms with Crippen molar-refractivity contribution in [2.75, 3.05) is 7.11 Å². The Morgan fingerprint density at radius 1 is 1.05 bits per heavy atom. The van der Waals surface area contributed by atoms with Crippen LogP contribution < -0.4 is 4.74 Å². The van der Waals surface area contributed by atoms with Gasteiger partial charge in [-0.15, -0.1) is 0 Å². The van der Waals surface area contributed by atoms with Gasteiger partial charge in [0.15, 0.2) is 11.3 Å². The van der Waals surface area contributed by atoms with Gasteiger partial charge in [0.05, 0.1) is 18.6 Å². The van der Waals surface area contributed by atoms with Crippen molar-refractivity contribution in [3.8, 4) is 5.75 Å². The first-order chi connectivity index (χ1) is 9.02. The van der Waals surface area contributed by atoms with Crippen LogP contribution in [0.15, 0.2) is 21.0 Å². The van der Waals surface area contributed by atoms with Crippen LogP contribution in [0.4, 0.5) is 0 Å². The molecule has 1 N–H and O–H groups in total. The Labute approximate surface area is 110 Å². The van der Waals surface area contributed by atoms with Gasteiger partial charge < -0.3 is 18.7 Å². The summed E-state index contributed by atoms with van der Waals surface area (Å²) in [6.07, 6.45) is -0.640. The number of aliphatic hydroxyl groups is 1. The fourth-order valence-corrected chi connectivity index (χ4v) is 2.63. The summed E-state index contributed by atoms with van der Waals surface area (Å²) in [5.74, 6) is 2.21. The second kappa shape index (κ2) is 4.03. The summed E-state index contributed by atoms with van der Waals surface area (Å²) >= 11 is 0. The highest BCUT2D eigenvalue weighted by atomic mass is 16.5. The topological polar surface area (TPSA) is 55.7 Å². The van der Waals surface area contributed by atoms with Gasteiger partial charge in [0.25, 0.3) is 0 Å². The lowest BCUT2D eigenvalue weighted by molar-refractivity contribution is 0.201. The van der Waals surface area contributed by atoms with Crippen molar-refractivity contribution in [3.05, 3.63) is 29.2 Å². The molecule has 0 radical (unpaired) electrons. The van der Waals surface area contributed by atoms with Crippen molar-refractivity contribution in [1.29, 1.82) is 0 Å². The molecule has 0 bridgehead atoms. The Balaban J connectivity index is 2.59. The molecule has 0 aliphatic carbocycles. The van der Waals surface area contributed by atoms with Crippen LogP contribution in [0.1, 0.15) is 30.1 Å². The van der Waals surface area contributed by atoms with Crippen molar-refractivity contribution in [1.82, 2.24) is 0 Å². The van der Waals surface area contributed by atoms with E-state index in [0.29, 0.717) is 16.9 Å². The van der Waals surface area contributed by atoms with E-state index in [1.54, 1.807) is 14.0 Å². The van der Waals surface area contributed by atoms with Crippen LogP contribution in [0.3, 0.4) is 0 Å². The normalized spacial score (nSPS) is 13.3. The first kappa shape index (κ1) is 12.1. The molecule has 100 valence electrons. The molecule has 1 aromatic carbocycles. The monoisotopic (exact) mass is 260 g/mol. The molecule has 0 aliphatic rings. The number of furan rings is 2. The molecule has 4 nitrogen and oxygen atoms in total. The lowest BCUT2D eigenvalue weighted by Gasteiger charge is -2.10. The van der Waals surface area contributed by atoms with Crippen LogP contribution in [-0.4, -0.2) is 12.2 Å². The van der Waals surface area contributed by atoms with Crippen LogP contribution in [0.2, 0.25) is 0 Å². The van der Waals surface area contributed by atoms with E-state index < -0.39 is 6.10 Å². The minimum atomic E-state index is -0.640. The molecule has 0 saturated carbocycles. The maximum absolute atomic E-state index is 10.1. The van der Waals surface area contributed by atoms with Gasteiger partial charge in [-0.1, -0.05) is 0 Å². The molecule has 2 heterocycles. The quantitative estimate of drug-likeness (QED) is 0.760. The van der Waals surface area contributed by atoms with Crippen LogP contribution in [0.25, 0.3) is 21.9 Å². The van der Waals surface area contributed by atoms with Gasteiger partial charge in [0.1, 0.15) is 17.1 Å². The highest BCUT2D eigenvalue weighted by Gasteiger charge is 2.23. The zero-order valence-corrected chi connectivity index (χ0v) is 11.4. The maximum Gasteiger partial charge on any atom is 0.177 e. The molecule has 0 amide bonds. The van der Waals surface area contributed by atoms with E-state index in [1.165, 1.54) is 0 Å². The Bertz CT molecular complexity index is 704. The van der Waals surface area contributed by atoms with Gasteiger partial charge in [-0.25, -0.2) is 0 Å². The zero-order chi connectivity index (χ0) is 13.7. The van der Waals surface area contributed by atoms with E-state index in [0.717, 1.165) is 27.9 Å². The minimum Gasteiger partial charge on any atom is -0.492 e. The third-order valence-electron chi connectivity index (χ3n) is 3.32. The van der Waals surface area contributed by atoms with Crippen LogP contribution >= 0.6 is 0 Å². The number of methoxy groups -OCH3 is 1. The summed E-state index contributed by atoms with van der Waals surface area (Å²) in [4.78, 5) is 0. The van der Waals surface area contributed by atoms with E-state index in [1.807, 2.05) is 26.0 Å². The Kier molecular flexibility index (Phi) is 2.57. The SMILES string of the molecule is COc1c2cc(C)oc2c(C(C)O)c2cc(C)oc12. The fraction of sp³-hybridized carbons (Fsp3) is 0.333. The van der Waals surface area contributed by atoms with Crippen LogP contribution in [-0.2, 0) is 0 Å². The predicted octanol–water partition coefficient (Wildman–Crippen LogP) is 3.86. The summed E-state index contributed by atoms with van der Waals surface area (Å²) in [7, 11) is 1.61. The molecule has 2 aromatic heterocycles. The molecule has 0 fully saturated rings. The van der Waals surface area contributed by atoms with Gasteiger partial charge in [-0.2, -0.15) is 0 Å². The molecule has 1 unspecified atom stereocenters. The number of ether oxygens (including phenoxy) is 1. The molecule has 0 spiro atoms. The standard InChI is InChI=1S/C15H16O4/c1-7-5-10-12(9(3)16)13-11(6-8(2)18-13)14(17-4)15(10)19-7/h5-6,9,16H,1-4H3. The minimum absolute atomic E-state index is 0.640. The molecule has 3 aromatic rings. The molecule has 0 aliphatic heterocycles. The number of fused-ring (bicyclic) bond motifs is 2. The van der Waals surface area contributed by atoms with Crippen molar-refractivity contribution in [3.63, 3.8) is 0 Å². The number of aliphatic hydroxyl groups excluding tert-OH is 1. The Morgan fingerprint density at radius 2 is 1.63 bits per heavy atom. The number of aryl methyl sites for hydroxylation is 2. The third-order valence-corrected chi connectivity index (χ3v) is 3.32. The fourth-order valence-electron chi connectivity index (χ4n) is 2.63. The second-order valence-corrected chi connectivity index (χ2v) is 4.82. The Hall–Kier alpha value is -1.94. The molecule has 4 heteroatoms. The first-order valence-corrected chi connectivity index (χ1v) is 6.21. The van der Waals surface area contributed by atoms with E-state index >= 15 is 0 Å². The summed E-state index contributed by atoms with van der Waals surface area (Å²) in [6, 6.07) is 3.80. The largest absolute Gasteiger partial charge is 0.492 e. The van der Waals surface area contributed by atoms with Crippen LogP contribution in [0.5, 0.6) is 5.75 Å². The predicted molar refractivity (Wildman–Crippen MR) is 72.6 cm³/mol. The van der Waals surface area contributed by atoms with E-state index in [9.17, 15) is 5.11 Å². The van der Waals surface area contributed by atoms with Gasteiger partial charge in [-0.05, 0) is 32.9 Å². The summed E-state index contributed by atoms with van der Waals surface area (Å²) in [6.45, 7) is 5.47. The molecule has 0 saturated heterocycles. The Morgan fingerprint density at radius 3 is 2.21 bits per heavy atom. The average molecular weight is 260 g/mol. The van der Waals surface area contributed by atoms with Crippen molar-refractivity contribution in [2.45, 2.75) is 26.9 Å². The molecule has 1 atom stereocenters. The van der Waals surface area contributed by atoms with Crippen molar-refractivity contribution >= 4 is 21.9 Å². The second-order valence-electron chi connectivity index (χ2n) is 4.82. The number of benzene rings is 1. The number of hydrogen-bond acceptors (Lipinski definition) is 4. The maximum atomic E-state index is 10.1. The van der Waals surface area contributed by atoms with E-state index in [-0.39, 0.29) is 0 Å². The lowest BCUT2D eigenvalue weighted by atomic mass is 10.0. The zero-order valence-electron chi connectivity index (χ0n) is 11.4. The van der Waals surface area contributed by atoms with E-state index in [4.69, 9.17) is 13.6 Å².